The zero-order chi connectivity index (χ0) is 27.0. The van der Waals surface area contributed by atoms with E-state index in [1.807, 2.05) is 99.6 Å². The van der Waals surface area contributed by atoms with Crippen LogP contribution in [0.25, 0.3) is 0 Å². The normalized spacial score (nSPS) is 28.5. The molecule has 4 atom stereocenters. The summed E-state index contributed by atoms with van der Waals surface area (Å²) in [6.07, 6.45) is 0. The fraction of sp³-hybridized carbons (Fsp3) is 0.323. The van der Waals surface area contributed by atoms with Crippen LogP contribution in [0.4, 0.5) is 0 Å². The van der Waals surface area contributed by atoms with E-state index in [1.165, 1.54) is 0 Å². The highest BCUT2D eigenvalue weighted by Gasteiger charge is 2.73. The Morgan fingerprint density at radius 1 is 0.737 bits per heavy atom. The van der Waals surface area contributed by atoms with Gasteiger partial charge < -0.3 is 5.32 Å². The van der Waals surface area contributed by atoms with Gasteiger partial charge in [0.25, 0.3) is 0 Å². The Hall–Kier alpha value is -3.15. The molecule has 2 bridgehead atoms. The topological polar surface area (TPSA) is 66.5 Å². The van der Waals surface area contributed by atoms with Crippen LogP contribution in [-0.2, 0) is 24.1 Å². The molecule has 1 N–H and O–H groups in total. The van der Waals surface area contributed by atoms with Crippen molar-refractivity contribution in [1.82, 2.24) is 10.2 Å². The third-order valence-corrected chi connectivity index (χ3v) is 9.74. The number of nitrogens with one attached hydrogen (secondary N) is 1. The van der Waals surface area contributed by atoms with Crippen molar-refractivity contribution >= 4 is 40.9 Å². The minimum Gasteiger partial charge on any atom is -0.348 e. The van der Waals surface area contributed by atoms with E-state index in [4.69, 9.17) is 23.2 Å². The lowest BCUT2D eigenvalue weighted by molar-refractivity contribution is -0.150. The second-order valence-electron chi connectivity index (χ2n) is 10.8. The second kappa shape index (κ2) is 8.69. The molecule has 194 valence electrons. The van der Waals surface area contributed by atoms with Crippen LogP contribution in [-0.4, -0.2) is 28.7 Å². The van der Waals surface area contributed by atoms with Crippen LogP contribution >= 0.6 is 23.2 Å². The van der Waals surface area contributed by atoms with E-state index in [9.17, 15) is 14.4 Å². The molecule has 7 heteroatoms. The van der Waals surface area contributed by atoms with Crippen molar-refractivity contribution < 1.29 is 14.4 Å². The van der Waals surface area contributed by atoms with Crippen molar-refractivity contribution in [2.24, 2.45) is 17.8 Å². The van der Waals surface area contributed by atoms with E-state index in [1.54, 1.807) is 0 Å². The van der Waals surface area contributed by atoms with Crippen molar-refractivity contribution in [1.29, 1.82) is 0 Å². The Bertz CT molecular complexity index is 1350. The number of rotatable bonds is 5. The molecule has 3 aromatic carbocycles. The van der Waals surface area contributed by atoms with Gasteiger partial charge in [-0.1, -0.05) is 92.7 Å². The largest absolute Gasteiger partial charge is 0.348 e. The maximum absolute atomic E-state index is 14.3. The van der Waals surface area contributed by atoms with Crippen LogP contribution in [0.15, 0.2) is 78.9 Å². The van der Waals surface area contributed by atoms with Gasteiger partial charge in [-0.2, -0.15) is 0 Å². The standard InChI is InChI=1S/C31H28Cl2N2O3/c1-17(2)26(27(36)34-18(3)19-11-5-4-6-12-19)35-28(37)24-25(29(35)38)31(33)21-14-8-7-13-20(21)30(24,32)22-15-9-10-16-23(22)31/h4-18,24-26H,1-3H3,(H,34,36)/t18-,24+,25+,26-,30?,31?/m0/s1. The second-order valence-corrected chi connectivity index (χ2v) is 12.0. The Labute approximate surface area is 232 Å². The maximum atomic E-state index is 14.3. The SMILES string of the molecule is CC(C)[C@@H](C(=O)N[C@@H](C)c1ccccc1)N1C(=O)[C@H]2[C@H](C1=O)C1(Cl)c3ccccc3C2(Cl)c2ccccc21. The maximum Gasteiger partial charge on any atom is 0.244 e. The number of halogens is 2. The van der Waals surface area contributed by atoms with Gasteiger partial charge in [-0.15, -0.1) is 23.2 Å². The highest BCUT2D eigenvalue weighted by molar-refractivity contribution is 6.36. The lowest BCUT2D eigenvalue weighted by atomic mass is 9.54. The Balaban J connectivity index is 1.45. The Morgan fingerprint density at radius 2 is 1.13 bits per heavy atom. The predicted molar refractivity (Wildman–Crippen MR) is 147 cm³/mol. The van der Waals surface area contributed by atoms with Gasteiger partial charge in [-0.05, 0) is 40.7 Å². The van der Waals surface area contributed by atoms with Gasteiger partial charge in [-0.3, -0.25) is 19.3 Å². The zero-order valence-electron chi connectivity index (χ0n) is 21.3. The zero-order valence-corrected chi connectivity index (χ0v) is 22.8. The first-order chi connectivity index (χ1) is 18.1. The molecule has 4 aliphatic rings. The number of benzene rings is 3. The molecule has 1 fully saturated rings. The van der Waals surface area contributed by atoms with Gasteiger partial charge >= 0.3 is 0 Å². The molecule has 0 aromatic heterocycles. The molecule has 3 aliphatic carbocycles. The smallest absolute Gasteiger partial charge is 0.244 e. The minimum atomic E-state index is -1.27. The highest BCUT2D eigenvalue weighted by Crippen LogP contribution is 2.69. The number of hydrogen-bond donors (Lipinski definition) is 1. The summed E-state index contributed by atoms with van der Waals surface area (Å²) in [5.74, 6) is -3.48. The summed E-state index contributed by atoms with van der Waals surface area (Å²) in [4.78, 5) is 40.9. The summed E-state index contributed by atoms with van der Waals surface area (Å²) < 4.78 is 0. The minimum absolute atomic E-state index is 0.302. The summed E-state index contributed by atoms with van der Waals surface area (Å²) in [5.41, 5.74) is 3.89. The van der Waals surface area contributed by atoms with Crippen molar-refractivity contribution in [2.45, 2.75) is 42.6 Å². The van der Waals surface area contributed by atoms with Crippen molar-refractivity contribution in [3.63, 3.8) is 0 Å². The molecule has 1 heterocycles. The predicted octanol–water partition coefficient (Wildman–Crippen LogP) is 5.48. The number of alkyl halides is 2. The molecule has 0 saturated carbocycles. The lowest BCUT2D eigenvalue weighted by Gasteiger charge is -2.54. The van der Waals surface area contributed by atoms with E-state index in [0.29, 0.717) is 0 Å². The number of carbonyl (C=O) groups is 3. The average molecular weight is 547 g/mol. The van der Waals surface area contributed by atoms with Crippen LogP contribution in [0.3, 0.4) is 0 Å². The first-order valence-electron chi connectivity index (χ1n) is 12.9. The van der Waals surface area contributed by atoms with E-state index >= 15 is 0 Å². The fourth-order valence-corrected chi connectivity index (χ4v) is 7.90. The summed E-state index contributed by atoms with van der Waals surface area (Å²) >= 11 is 15.0. The molecule has 38 heavy (non-hydrogen) atoms. The van der Waals surface area contributed by atoms with Crippen LogP contribution in [0.1, 0.15) is 54.6 Å². The summed E-state index contributed by atoms with van der Waals surface area (Å²) in [5, 5.41) is 3.02. The third-order valence-electron chi connectivity index (χ3n) is 8.46. The number of amides is 3. The number of carbonyl (C=O) groups excluding carboxylic acids is 3. The molecule has 3 aromatic rings. The van der Waals surface area contributed by atoms with E-state index in [2.05, 4.69) is 5.32 Å². The lowest BCUT2D eigenvalue weighted by Crippen LogP contribution is -2.57. The summed E-state index contributed by atoms with van der Waals surface area (Å²) in [6.45, 7) is 5.56. The molecular weight excluding hydrogens is 519 g/mol. The summed E-state index contributed by atoms with van der Waals surface area (Å²) in [7, 11) is 0. The number of nitrogens with zero attached hydrogens (tertiary/aromatic N) is 1. The van der Waals surface area contributed by atoms with Crippen LogP contribution < -0.4 is 5.32 Å². The van der Waals surface area contributed by atoms with Gasteiger partial charge in [0.05, 0.1) is 17.9 Å². The molecule has 0 unspecified atom stereocenters. The van der Waals surface area contributed by atoms with Gasteiger partial charge in [0.1, 0.15) is 15.8 Å². The van der Waals surface area contributed by atoms with Crippen LogP contribution in [0, 0.1) is 17.8 Å². The molecule has 3 amide bonds. The number of likely N-dealkylation sites (tertiary alicyclic amines) is 1. The Morgan fingerprint density at radius 3 is 1.53 bits per heavy atom. The summed E-state index contributed by atoms with van der Waals surface area (Å²) in [6, 6.07) is 23.3. The van der Waals surface area contributed by atoms with Crippen LogP contribution in [0.2, 0.25) is 0 Å². The first-order valence-corrected chi connectivity index (χ1v) is 13.7. The Kier molecular flexibility index (Phi) is 5.75. The monoisotopic (exact) mass is 546 g/mol. The third kappa shape index (κ3) is 3.15. The molecule has 0 spiro atoms. The highest BCUT2D eigenvalue weighted by atomic mass is 35.5. The number of imide groups is 1. The molecule has 7 rings (SSSR count). The molecule has 5 nitrogen and oxygen atoms in total. The van der Waals surface area contributed by atoms with Gasteiger partial charge in [0, 0.05) is 0 Å². The van der Waals surface area contributed by atoms with Crippen molar-refractivity contribution in [3.8, 4) is 0 Å². The molecule has 1 aliphatic heterocycles. The van der Waals surface area contributed by atoms with Gasteiger partial charge in [0.15, 0.2) is 0 Å². The van der Waals surface area contributed by atoms with E-state index in [0.717, 1.165) is 32.7 Å². The van der Waals surface area contributed by atoms with Gasteiger partial charge in [0.2, 0.25) is 17.7 Å². The van der Waals surface area contributed by atoms with Gasteiger partial charge in [-0.25, -0.2) is 0 Å². The van der Waals surface area contributed by atoms with E-state index in [-0.39, 0.29) is 17.9 Å². The van der Waals surface area contributed by atoms with E-state index < -0.39 is 39.4 Å². The molecule has 1 saturated heterocycles. The van der Waals surface area contributed by atoms with Crippen LogP contribution in [0.5, 0.6) is 0 Å². The molecular formula is C31H28Cl2N2O3. The fourth-order valence-electron chi connectivity index (χ4n) is 6.80. The molecule has 0 radical (unpaired) electrons. The van der Waals surface area contributed by atoms with Crippen molar-refractivity contribution in [3.05, 3.63) is 107 Å². The number of hydrogen-bond acceptors (Lipinski definition) is 3. The first kappa shape index (κ1) is 25.1. The quantitative estimate of drug-likeness (QED) is 0.340. The average Bonchev–Trinajstić information content (AvgIpc) is 3.18. The van der Waals surface area contributed by atoms with Crippen molar-refractivity contribution in [2.75, 3.05) is 0 Å².